The fourth-order valence-corrected chi connectivity index (χ4v) is 2.91. The summed E-state index contributed by atoms with van der Waals surface area (Å²) in [7, 11) is 0. The molecule has 0 atom stereocenters. The Balaban J connectivity index is 1.71. The van der Waals surface area contributed by atoms with E-state index >= 15 is 0 Å². The summed E-state index contributed by atoms with van der Waals surface area (Å²) >= 11 is 0. The molecule has 0 amide bonds. The van der Waals surface area contributed by atoms with Gasteiger partial charge in [0.25, 0.3) is 0 Å². The van der Waals surface area contributed by atoms with Crippen LogP contribution in [0, 0.1) is 18.3 Å². The van der Waals surface area contributed by atoms with Gasteiger partial charge in [0, 0.05) is 18.0 Å². The maximum atomic E-state index is 9.80. The third kappa shape index (κ3) is 4.25. The van der Waals surface area contributed by atoms with Gasteiger partial charge in [0.15, 0.2) is 5.76 Å². The Morgan fingerprint density at radius 1 is 1.07 bits per heavy atom. The minimum Gasteiger partial charge on any atom is -0.463 e. The van der Waals surface area contributed by atoms with Crippen LogP contribution < -0.4 is 10.6 Å². The van der Waals surface area contributed by atoms with Crippen LogP contribution in [0.2, 0.25) is 0 Å². The molecule has 0 unspecified atom stereocenters. The van der Waals surface area contributed by atoms with Crippen LogP contribution in [0.15, 0.2) is 77.5 Å². The number of anilines is 3. The minimum absolute atomic E-state index is 0.422. The quantitative estimate of drug-likeness (QED) is 0.473. The largest absolute Gasteiger partial charge is 0.463 e. The van der Waals surface area contributed by atoms with E-state index in [9.17, 15) is 5.26 Å². The van der Waals surface area contributed by atoms with Crippen molar-refractivity contribution in [1.29, 1.82) is 5.26 Å². The number of rotatable bonds is 6. The highest BCUT2D eigenvalue weighted by molar-refractivity contribution is 5.76. The van der Waals surface area contributed by atoms with E-state index in [0.717, 1.165) is 16.9 Å². The predicted octanol–water partition coefficient (Wildman–Crippen LogP) is 5.27. The zero-order valence-electron chi connectivity index (χ0n) is 15.9. The van der Waals surface area contributed by atoms with E-state index in [-0.39, 0.29) is 0 Å². The van der Waals surface area contributed by atoms with Gasteiger partial charge in [0.05, 0.1) is 24.2 Å². The molecule has 0 spiro atoms. The molecular weight excluding hydrogens is 362 g/mol. The molecule has 3 heterocycles. The third-order valence-electron chi connectivity index (χ3n) is 4.36. The first-order chi connectivity index (χ1) is 14.2. The van der Waals surface area contributed by atoms with E-state index in [1.807, 2.05) is 61.7 Å². The molecule has 0 radical (unpaired) electrons. The first kappa shape index (κ1) is 18.3. The molecular formula is C23H19N5O. The summed E-state index contributed by atoms with van der Waals surface area (Å²) in [6.07, 6.45) is 3.39. The zero-order valence-corrected chi connectivity index (χ0v) is 15.9. The van der Waals surface area contributed by atoms with Crippen molar-refractivity contribution < 1.29 is 4.42 Å². The maximum Gasteiger partial charge on any atom is 0.153 e. The molecule has 4 rings (SSSR count). The molecule has 142 valence electrons. The van der Waals surface area contributed by atoms with Crippen LogP contribution in [-0.4, -0.2) is 9.97 Å². The van der Waals surface area contributed by atoms with Gasteiger partial charge in [-0.15, -0.1) is 0 Å². The molecule has 2 N–H and O–H groups in total. The Morgan fingerprint density at radius 3 is 2.62 bits per heavy atom. The molecule has 0 fully saturated rings. The lowest BCUT2D eigenvalue weighted by Crippen LogP contribution is -2.06. The molecule has 0 saturated heterocycles. The average Bonchev–Trinajstić information content (AvgIpc) is 3.28. The number of hydrogen-bond acceptors (Lipinski definition) is 6. The Morgan fingerprint density at radius 2 is 1.93 bits per heavy atom. The van der Waals surface area contributed by atoms with E-state index in [4.69, 9.17) is 4.42 Å². The van der Waals surface area contributed by atoms with E-state index in [2.05, 4.69) is 26.7 Å². The van der Waals surface area contributed by atoms with Gasteiger partial charge in [0.1, 0.15) is 23.1 Å². The van der Waals surface area contributed by atoms with Gasteiger partial charge in [0.2, 0.25) is 0 Å². The highest BCUT2D eigenvalue weighted by Crippen LogP contribution is 2.31. The monoisotopic (exact) mass is 381 g/mol. The van der Waals surface area contributed by atoms with Crippen LogP contribution in [-0.2, 0) is 6.54 Å². The number of nitriles is 1. The number of aromatic nitrogens is 2. The highest BCUT2D eigenvalue weighted by Gasteiger charge is 2.17. The summed E-state index contributed by atoms with van der Waals surface area (Å²) in [5, 5.41) is 16.4. The molecule has 0 aliphatic rings. The van der Waals surface area contributed by atoms with Crippen LogP contribution in [0.25, 0.3) is 11.5 Å². The van der Waals surface area contributed by atoms with E-state index < -0.39 is 0 Å². The van der Waals surface area contributed by atoms with Gasteiger partial charge in [-0.05, 0) is 42.8 Å². The Hall–Kier alpha value is -4.11. The Labute approximate surface area is 168 Å². The third-order valence-corrected chi connectivity index (χ3v) is 4.36. The number of aryl methyl sites for hydroxylation is 1. The van der Waals surface area contributed by atoms with Crippen molar-refractivity contribution in [2.24, 2.45) is 0 Å². The first-order valence-electron chi connectivity index (χ1n) is 9.19. The summed E-state index contributed by atoms with van der Waals surface area (Å²) < 4.78 is 5.52. The molecule has 0 bridgehead atoms. The van der Waals surface area contributed by atoms with E-state index in [1.165, 1.54) is 0 Å². The van der Waals surface area contributed by atoms with Crippen molar-refractivity contribution in [2.75, 3.05) is 10.6 Å². The number of para-hydroxylation sites is 1. The number of nitrogens with one attached hydrogen (secondary N) is 2. The smallest absolute Gasteiger partial charge is 0.153 e. The minimum atomic E-state index is 0.422. The number of hydrogen-bond donors (Lipinski definition) is 2. The maximum absolute atomic E-state index is 9.80. The normalized spacial score (nSPS) is 10.3. The second-order valence-corrected chi connectivity index (χ2v) is 6.54. The Bertz CT molecular complexity index is 1130. The van der Waals surface area contributed by atoms with Crippen LogP contribution in [0.3, 0.4) is 0 Å². The van der Waals surface area contributed by atoms with Gasteiger partial charge < -0.3 is 15.1 Å². The average molecular weight is 381 g/mol. The van der Waals surface area contributed by atoms with Crippen molar-refractivity contribution in [1.82, 2.24) is 9.97 Å². The van der Waals surface area contributed by atoms with Gasteiger partial charge in [-0.3, -0.25) is 4.98 Å². The number of nitrogens with zero attached hydrogens (tertiary/aromatic N) is 3. The van der Waals surface area contributed by atoms with Gasteiger partial charge in [-0.25, -0.2) is 4.98 Å². The summed E-state index contributed by atoms with van der Waals surface area (Å²) in [5.74, 6) is 1.15. The van der Waals surface area contributed by atoms with Crippen LogP contribution in [0.1, 0.15) is 16.8 Å². The van der Waals surface area contributed by atoms with E-state index in [1.54, 1.807) is 18.4 Å². The summed E-state index contributed by atoms with van der Waals surface area (Å²) in [6.45, 7) is 2.49. The summed E-state index contributed by atoms with van der Waals surface area (Å²) in [4.78, 5) is 9.04. The SMILES string of the molecule is Cc1ccc(CNc2cc(Nc3ccccc3)nc(-c3ccco3)c2C#N)nc1. The number of benzene rings is 1. The van der Waals surface area contributed by atoms with Gasteiger partial charge in [-0.1, -0.05) is 24.3 Å². The van der Waals surface area contributed by atoms with Gasteiger partial charge in [-0.2, -0.15) is 5.26 Å². The summed E-state index contributed by atoms with van der Waals surface area (Å²) in [5.41, 5.74) is 4.46. The van der Waals surface area contributed by atoms with Crippen molar-refractivity contribution in [3.8, 4) is 17.5 Å². The second-order valence-electron chi connectivity index (χ2n) is 6.54. The first-order valence-corrected chi connectivity index (χ1v) is 9.19. The van der Waals surface area contributed by atoms with Crippen LogP contribution in [0.5, 0.6) is 0 Å². The molecule has 6 nitrogen and oxygen atoms in total. The molecule has 3 aromatic heterocycles. The molecule has 6 heteroatoms. The van der Waals surface area contributed by atoms with Crippen molar-refractivity contribution in [3.05, 3.63) is 89.9 Å². The lowest BCUT2D eigenvalue weighted by molar-refractivity contribution is 0.580. The summed E-state index contributed by atoms with van der Waals surface area (Å²) in [6, 6.07) is 21.4. The standard InChI is InChI=1S/C23H19N5O/c1-16-9-10-18(25-14-16)15-26-20-12-22(27-17-6-3-2-4-7-17)28-23(19(20)13-24)21-8-5-11-29-21/h2-12,14H,15H2,1H3,(H2,26,27,28). The second kappa shape index (κ2) is 8.28. The highest BCUT2D eigenvalue weighted by atomic mass is 16.3. The lowest BCUT2D eigenvalue weighted by atomic mass is 10.1. The van der Waals surface area contributed by atoms with Crippen molar-refractivity contribution in [2.45, 2.75) is 13.5 Å². The lowest BCUT2D eigenvalue weighted by Gasteiger charge is -2.14. The fourth-order valence-electron chi connectivity index (χ4n) is 2.91. The van der Waals surface area contributed by atoms with Crippen molar-refractivity contribution >= 4 is 17.2 Å². The topological polar surface area (TPSA) is 86.8 Å². The Kier molecular flexibility index (Phi) is 5.21. The zero-order chi connectivity index (χ0) is 20.1. The molecule has 0 aliphatic carbocycles. The number of furan rings is 1. The molecule has 1 aromatic carbocycles. The fraction of sp³-hybridized carbons (Fsp3) is 0.0870. The van der Waals surface area contributed by atoms with Crippen molar-refractivity contribution in [3.63, 3.8) is 0 Å². The molecule has 0 saturated carbocycles. The van der Waals surface area contributed by atoms with Gasteiger partial charge >= 0.3 is 0 Å². The predicted molar refractivity (Wildman–Crippen MR) is 113 cm³/mol. The van der Waals surface area contributed by atoms with Crippen LogP contribution in [0.4, 0.5) is 17.2 Å². The van der Waals surface area contributed by atoms with E-state index in [0.29, 0.717) is 35.1 Å². The number of pyridine rings is 2. The molecule has 4 aromatic rings. The molecule has 0 aliphatic heterocycles. The molecule has 29 heavy (non-hydrogen) atoms. The van der Waals surface area contributed by atoms with Crippen LogP contribution >= 0.6 is 0 Å².